The molecule has 0 radical (unpaired) electrons. The lowest BCUT2D eigenvalue weighted by atomic mass is 10.1. The third-order valence-corrected chi connectivity index (χ3v) is 3.70. The molecule has 1 aliphatic rings. The maximum Gasteiger partial charge on any atom is 0.169 e. The van der Waals surface area contributed by atoms with E-state index in [1.54, 1.807) is 0 Å². The SMILES string of the molecule is CCC1COCCN1CCC(=O)c1cccc(F)c1F. The van der Waals surface area contributed by atoms with E-state index in [1.165, 1.54) is 12.1 Å². The van der Waals surface area contributed by atoms with Crippen molar-refractivity contribution in [1.82, 2.24) is 4.90 Å². The van der Waals surface area contributed by atoms with Crippen LogP contribution in [-0.2, 0) is 4.74 Å². The Labute approximate surface area is 117 Å². The van der Waals surface area contributed by atoms with Crippen molar-refractivity contribution in [2.24, 2.45) is 0 Å². The zero-order valence-corrected chi connectivity index (χ0v) is 11.6. The molecule has 0 aliphatic carbocycles. The number of ketones is 1. The Kier molecular flexibility index (Phi) is 5.20. The number of ether oxygens (including phenoxy) is 1. The van der Waals surface area contributed by atoms with Crippen molar-refractivity contribution in [3.63, 3.8) is 0 Å². The van der Waals surface area contributed by atoms with Crippen LogP contribution in [0.4, 0.5) is 8.78 Å². The molecule has 0 saturated carbocycles. The smallest absolute Gasteiger partial charge is 0.169 e. The summed E-state index contributed by atoms with van der Waals surface area (Å²) in [5, 5.41) is 0. The standard InChI is InChI=1S/C15H19F2NO2/c1-2-11-10-20-9-8-18(11)7-6-14(19)12-4-3-5-13(16)15(12)17/h3-5,11H,2,6-10H2,1H3. The maximum absolute atomic E-state index is 13.5. The first-order chi connectivity index (χ1) is 9.63. The van der Waals surface area contributed by atoms with E-state index in [1.807, 2.05) is 0 Å². The van der Waals surface area contributed by atoms with Gasteiger partial charge in [-0.05, 0) is 18.6 Å². The van der Waals surface area contributed by atoms with Crippen molar-refractivity contribution in [2.45, 2.75) is 25.8 Å². The number of morpholine rings is 1. The Morgan fingerprint density at radius 1 is 1.45 bits per heavy atom. The predicted octanol–water partition coefficient (Wildman–Crippen LogP) is 2.65. The van der Waals surface area contributed by atoms with Gasteiger partial charge in [0, 0.05) is 25.6 Å². The van der Waals surface area contributed by atoms with E-state index in [9.17, 15) is 13.6 Å². The van der Waals surface area contributed by atoms with E-state index in [4.69, 9.17) is 4.74 Å². The largest absolute Gasteiger partial charge is 0.378 e. The highest BCUT2D eigenvalue weighted by molar-refractivity contribution is 5.96. The highest BCUT2D eigenvalue weighted by Gasteiger charge is 2.22. The van der Waals surface area contributed by atoms with Gasteiger partial charge in [-0.2, -0.15) is 0 Å². The van der Waals surface area contributed by atoms with Crippen LogP contribution >= 0.6 is 0 Å². The van der Waals surface area contributed by atoms with Crippen LogP contribution in [-0.4, -0.2) is 43.0 Å². The average Bonchev–Trinajstić information content (AvgIpc) is 2.48. The van der Waals surface area contributed by atoms with Crippen LogP contribution in [0, 0.1) is 11.6 Å². The van der Waals surface area contributed by atoms with E-state index < -0.39 is 11.6 Å². The van der Waals surface area contributed by atoms with Crippen molar-refractivity contribution in [3.8, 4) is 0 Å². The molecule has 0 N–H and O–H groups in total. The van der Waals surface area contributed by atoms with Crippen molar-refractivity contribution < 1.29 is 18.3 Å². The lowest BCUT2D eigenvalue weighted by Gasteiger charge is -2.34. The van der Waals surface area contributed by atoms with Crippen molar-refractivity contribution in [2.75, 3.05) is 26.3 Å². The van der Waals surface area contributed by atoms with E-state index in [-0.39, 0.29) is 17.8 Å². The van der Waals surface area contributed by atoms with E-state index in [0.717, 1.165) is 19.0 Å². The second kappa shape index (κ2) is 6.90. The summed E-state index contributed by atoms with van der Waals surface area (Å²) in [5.74, 6) is -2.39. The minimum Gasteiger partial charge on any atom is -0.378 e. The van der Waals surface area contributed by atoms with Crippen LogP contribution in [0.3, 0.4) is 0 Å². The number of Topliss-reactive ketones (excluding diaryl/α,β-unsaturated/α-hetero) is 1. The van der Waals surface area contributed by atoms with Gasteiger partial charge in [0.25, 0.3) is 0 Å². The van der Waals surface area contributed by atoms with Crippen molar-refractivity contribution in [3.05, 3.63) is 35.4 Å². The number of hydrogen-bond donors (Lipinski definition) is 0. The van der Waals surface area contributed by atoms with Crippen molar-refractivity contribution in [1.29, 1.82) is 0 Å². The van der Waals surface area contributed by atoms with Gasteiger partial charge in [0.1, 0.15) is 0 Å². The minimum absolute atomic E-state index is 0.161. The Bertz CT molecular complexity index is 479. The first kappa shape index (κ1) is 15.1. The van der Waals surface area contributed by atoms with Crippen LogP contribution in [0.1, 0.15) is 30.1 Å². The topological polar surface area (TPSA) is 29.5 Å². The summed E-state index contributed by atoms with van der Waals surface area (Å²) in [6, 6.07) is 4.00. The first-order valence-electron chi connectivity index (χ1n) is 6.92. The van der Waals surface area contributed by atoms with Crippen LogP contribution in [0.15, 0.2) is 18.2 Å². The van der Waals surface area contributed by atoms with Gasteiger partial charge < -0.3 is 4.74 Å². The van der Waals surface area contributed by atoms with Crippen LogP contribution in [0.2, 0.25) is 0 Å². The van der Waals surface area contributed by atoms with E-state index in [0.29, 0.717) is 25.8 Å². The molecule has 1 aromatic rings. The molecule has 110 valence electrons. The monoisotopic (exact) mass is 283 g/mol. The van der Waals surface area contributed by atoms with Gasteiger partial charge in [-0.3, -0.25) is 9.69 Å². The fourth-order valence-electron chi connectivity index (χ4n) is 2.46. The molecule has 1 aliphatic heterocycles. The molecule has 2 rings (SSSR count). The van der Waals surface area contributed by atoms with Crippen LogP contribution < -0.4 is 0 Å². The Hall–Kier alpha value is -1.33. The molecule has 1 heterocycles. The van der Waals surface area contributed by atoms with Gasteiger partial charge in [-0.25, -0.2) is 8.78 Å². The lowest BCUT2D eigenvalue weighted by Crippen LogP contribution is -2.45. The quantitative estimate of drug-likeness (QED) is 0.778. The molecule has 1 atom stereocenters. The maximum atomic E-state index is 13.5. The molecule has 1 saturated heterocycles. The zero-order valence-electron chi connectivity index (χ0n) is 11.6. The summed E-state index contributed by atoms with van der Waals surface area (Å²) in [7, 11) is 0. The number of rotatable bonds is 5. The minimum atomic E-state index is -1.05. The molecule has 0 bridgehead atoms. The average molecular weight is 283 g/mol. The van der Waals surface area contributed by atoms with E-state index in [2.05, 4.69) is 11.8 Å². The van der Waals surface area contributed by atoms with Gasteiger partial charge in [0.2, 0.25) is 0 Å². The summed E-state index contributed by atoms with van der Waals surface area (Å²) in [4.78, 5) is 14.2. The Morgan fingerprint density at radius 3 is 3.00 bits per heavy atom. The van der Waals surface area contributed by atoms with Crippen molar-refractivity contribution >= 4 is 5.78 Å². The van der Waals surface area contributed by atoms with E-state index >= 15 is 0 Å². The summed E-state index contributed by atoms with van der Waals surface area (Å²) in [6.07, 6.45) is 1.14. The number of carbonyl (C=O) groups excluding carboxylic acids is 1. The molecule has 1 fully saturated rings. The zero-order chi connectivity index (χ0) is 14.5. The normalized spacial score (nSPS) is 20.1. The second-order valence-electron chi connectivity index (χ2n) is 4.95. The molecule has 1 aromatic carbocycles. The highest BCUT2D eigenvalue weighted by Crippen LogP contribution is 2.15. The molecule has 5 heteroatoms. The number of halogens is 2. The third kappa shape index (κ3) is 3.41. The third-order valence-electron chi connectivity index (χ3n) is 3.70. The summed E-state index contributed by atoms with van der Waals surface area (Å²) in [5.41, 5.74) is -0.161. The molecule has 0 spiro atoms. The van der Waals surface area contributed by atoms with Gasteiger partial charge in [-0.15, -0.1) is 0 Å². The van der Waals surface area contributed by atoms with Gasteiger partial charge >= 0.3 is 0 Å². The molecular formula is C15H19F2NO2. The molecule has 3 nitrogen and oxygen atoms in total. The molecule has 0 aromatic heterocycles. The Morgan fingerprint density at radius 2 is 2.25 bits per heavy atom. The van der Waals surface area contributed by atoms with Gasteiger partial charge in [-0.1, -0.05) is 13.0 Å². The summed E-state index contributed by atoms with van der Waals surface area (Å²) in [6.45, 7) is 4.71. The predicted molar refractivity (Wildman–Crippen MR) is 71.8 cm³/mol. The number of carbonyl (C=O) groups is 1. The summed E-state index contributed by atoms with van der Waals surface area (Å²) >= 11 is 0. The fraction of sp³-hybridized carbons (Fsp3) is 0.533. The lowest BCUT2D eigenvalue weighted by molar-refractivity contribution is -0.00840. The highest BCUT2D eigenvalue weighted by atomic mass is 19.2. The first-order valence-corrected chi connectivity index (χ1v) is 6.92. The molecular weight excluding hydrogens is 264 g/mol. The van der Waals surface area contributed by atoms with Crippen LogP contribution in [0.5, 0.6) is 0 Å². The van der Waals surface area contributed by atoms with Gasteiger partial charge in [0.15, 0.2) is 17.4 Å². The molecule has 1 unspecified atom stereocenters. The fourth-order valence-corrected chi connectivity index (χ4v) is 2.46. The summed E-state index contributed by atoms with van der Waals surface area (Å²) < 4.78 is 32.0. The Balaban J connectivity index is 1.96. The molecule has 20 heavy (non-hydrogen) atoms. The number of benzene rings is 1. The second-order valence-corrected chi connectivity index (χ2v) is 4.95. The van der Waals surface area contributed by atoms with Crippen LogP contribution in [0.25, 0.3) is 0 Å². The number of nitrogens with zero attached hydrogens (tertiary/aromatic N) is 1. The van der Waals surface area contributed by atoms with Gasteiger partial charge in [0.05, 0.1) is 18.8 Å². The molecule has 0 amide bonds. The number of hydrogen-bond acceptors (Lipinski definition) is 3.